The summed E-state index contributed by atoms with van der Waals surface area (Å²) in [6, 6.07) is 4.27. The number of hydrogen-bond donors (Lipinski definition) is 3. The van der Waals surface area contributed by atoms with Crippen molar-refractivity contribution in [3.05, 3.63) is 29.6 Å². The minimum absolute atomic E-state index is 0.365. The third-order valence-corrected chi connectivity index (χ3v) is 2.72. The van der Waals surface area contributed by atoms with Crippen LogP contribution < -0.4 is 5.73 Å². The third-order valence-electron chi connectivity index (χ3n) is 2.72. The molecule has 0 unspecified atom stereocenters. The van der Waals surface area contributed by atoms with E-state index in [2.05, 4.69) is 0 Å². The fraction of sp³-hybridized carbons (Fsp3) is 0.400. The van der Waals surface area contributed by atoms with Crippen LogP contribution in [0.2, 0.25) is 0 Å². The van der Waals surface area contributed by atoms with E-state index in [0.717, 1.165) is 0 Å². The average Bonchev–Trinajstić information content (AvgIpc) is 2.07. The van der Waals surface area contributed by atoms with E-state index in [1.54, 1.807) is 6.07 Å². The molecule has 0 heterocycles. The second-order valence-electron chi connectivity index (χ2n) is 3.85. The van der Waals surface area contributed by atoms with Crippen LogP contribution in [0.25, 0.3) is 0 Å². The molecule has 76 valence electrons. The Labute approximate surface area is 81.0 Å². The summed E-state index contributed by atoms with van der Waals surface area (Å²) in [7, 11) is 0. The number of nitrogens with two attached hydrogens (primary N) is 1. The van der Waals surface area contributed by atoms with E-state index in [4.69, 9.17) is 10.8 Å². The number of aliphatic hydroxyl groups excluding tert-OH is 1. The van der Waals surface area contributed by atoms with E-state index >= 15 is 0 Å². The van der Waals surface area contributed by atoms with Crippen molar-refractivity contribution in [2.24, 2.45) is 5.73 Å². The van der Waals surface area contributed by atoms with Gasteiger partial charge in [0.15, 0.2) is 11.6 Å². The number of aromatic hydroxyl groups is 1. The molecule has 1 aliphatic carbocycles. The predicted molar refractivity (Wildman–Crippen MR) is 49.2 cm³/mol. The smallest absolute Gasteiger partial charge is 0.165 e. The Morgan fingerprint density at radius 1 is 1.43 bits per heavy atom. The maximum Gasteiger partial charge on any atom is 0.165 e. The number of rotatable bonds is 1. The average molecular weight is 197 g/mol. The predicted octanol–water partition coefficient (Wildman–Crippen LogP) is 0.840. The fourth-order valence-corrected chi connectivity index (χ4v) is 1.92. The van der Waals surface area contributed by atoms with Gasteiger partial charge in [0.2, 0.25) is 0 Å². The molecule has 0 atom stereocenters. The second kappa shape index (κ2) is 2.93. The molecule has 0 spiro atoms. The van der Waals surface area contributed by atoms with Crippen LogP contribution in [-0.2, 0) is 5.54 Å². The van der Waals surface area contributed by atoms with Crippen LogP contribution in [-0.4, -0.2) is 16.3 Å². The van der Waals surface area contributed by atoms with Gasteiger partial charge in [-0.2, -0.15) is 0 Å². The minimum Gasteiger partial charge on any atom is -0.505 e. The Bertz CT molecular complexity index is 361. The van der Waals surface area contributed by atoms with Gasteiger partial charge in [-0.05, 0) is 18.9 Å². The number of halogens is 1. The molecule has 0 aromatic heterocycles. The second-order valence-corrected chi connectivity index (χ2v) is 3.85. The summed E-state index contributed by atoms with van der Waals surface area (Å²) in [5.41, 5.74) is 5.50. The normalized spacial score (nSPS) is 31.2. The van der Waals surface area contributed by atoms with Crippen molar-refractivity contribution in [1.82, 2.24) is 0 Å². The first-order valence-corrected chi connectivity index (χ1v) is 4.48. The number of benzene rings is 1. The molecule has 1 saturated carbocycles. The molecule has 1 aromatic rings. The molecular formula is C10H12FNO2. The monoisotopic (exact) mass is 197 g/mol. The van der Waals surface area contributed by atoms with Crippen molar-refractivity contribution in [3.63, 3.8) is 0 Å². The van der Waals surface area contributed by atoms with Crippen LogP contribution in [0.3, 0.4) is 0 Å². The maximum atomic E-state index is 13.0. The highest BCUT2D eigenvalue weighted by Crippen LogP contribution is 2.43. The van der Waals surface area contributed by atoms with Gasteiger partial charge in [-0.25, -0.2) is 4.39 Å². The van der Waals surface area contributed by atoms with Gasteiger partial charge in [0.25, 0.3) is 0 Å². The minimum atomic E-state index is -0.772. The summed E-state index contributed by atoms with van der Waals surface area (Å²) in [6.45, 7) is 0. The van der Waals surface area contributed by atoms with Crippen molar-refractivity contribution < 1.29 is 14.6 Å². The van der Waals surface area contributed by atoms with Crippen molar-refractivity contribution in [3.8, 4) is 5.75 Å². The molecule has 1 aromatic carbocycles. The number of aliphatic hydroxyl groups is 1. The van der Waals surface area contributed by atoms with Crippen molar-refractivity contribution in [1.29, 1.82) is 0 Å². The SMILES string of the molecule is NC1(c2cccc(F)c2O)CC(O)C1. The van der Waals surface area contributed by atoms with Crippen LogP contribution in [0.5, 0.6) is 5.75 Å². The summed E-state index contributed by atoms with van der Waals surface area (Å²) in [4.78, 5) is 0. The van der Waals surface area contributed by atoms with E-state index in [1.165, 1.54) is 12.1 Å². The summed E-state index contributed by atoms with van der Waals surface area (Å²) in [6.07, 6.45) is 0.288. The Hall–Kier alpha value is -1.13. The molecule has 14 heavy (non-hydrogen) atoms. The summed E-state index contributed by atoms with van der Waals surface area (Å²) >= 11 is 0. The highest BCUT2D eigenvalue weighted by Gasteiger charge is 2.43. The Kier molecular flexibility index (Phi) is 1.97. The first-order chi connectivity index (χ1) is 6.53. The van der Waals surface area contributed by atoms with Crippen LogP contribution in [0.1, 0.15) is 18.4 Å². The lowest BCUT2D eigenvalue weighted by Crippen LogP contribution is -2.51. The third kappa shape index (κ3) is 1.27. The zero-order valence-corrected chi connectivity index (χ0v) is 7.57. The van der Waals surface area contributed by atoms with Gasteiger partial charge in [0, 0.05) is 11.1 Å². The Morgan fingerprint density at radius 3 is 2.64 bits per heavy atom. The van der Waals surface area contributed by atoms with Gasteiger partial charge in [0.1, 0.15) is 0 Å². The number of para-hydroxylation sites is 1. The molecule has 4 N–H and O–H groups in total. The number of phenolic OH excluding ortho intramolecular Hbond substituents is 1. The lowest BCUT2D eigenvalue weighted by atomic mass is 9.70. The van der Waals surface area contributed by atoms with Gasteiger partial charge in [-0.3, -0.25) is 0 Å². The van der Waals surface area contributed by atoms with Crippen molar-refractivity contribution in [2.45, 2.75) is 24.5 Å². The Balaban J connectivity index is 2.37. The van der Waals surface area contributed by atoms with E-state index in [-0.39, 0.29) is 0 Å². The summed E-state index contributed by atoms with van der Waals surface area (Å²) < 4.78 is 13.0. The number of phenols is 1. The molecule has 0 aliphatic heterocycles. The molecule has 2 rings (SSSR count). The summed E-state index contributed by atoms with van der Waals surface area (Å²) in [5.74, 6) is -1.07. The molecule has 1 aliphatic rings. The van der Waals surface area contributed by atoms with Gasteiger partial charge in [-0.1, -0.05) is 12.1 Å². The molecule has 0 bridgehead atoms. The van der Waals surface area contributed by atoms with Gasteiger partial charge in [-0.15, -0.1) is 0 Å². The van der Waals surface area contributed by atoms with E-state index in [0.29, 0.717) is 18.4 Å². The molecule has 0 radical (unpaired) electrons. The van der Waals surface area contributed by atoms with Crippen molar-refractivity contribution in [2.75, 3.05) is 0 Å². The van der Waals surface area contributed by atoms with Crippen LogP contribution in [0, 0.1) is 5.82 Å². The van der Waals surface area contributed by atoms with E-state index in [1.807, 2.05) is 0 Å². The molecule has 0 saturated heterocycles. The maximum absolute atomic E-state index is 13.0. The number of hydrogen-bond acceptors (Lipinski definition) is 3. The zero-order valence-electron chi connectivity index (χ0n) is 7.57. The first-order valence-electron chi connectivity index (χ1n) is 4.48. The topological polar surface area (TPSA) is 66.5 Å². The molecule has 1 fully saturated rings. The van der Waals surface area contributed by atoms with Crippen molar-refractivity contribution >= 4 is 0 Å². The zero-order chi connectivity index (χ0) is 10.3. The van der Waals surface area contributed by atoms with Gasteiger partial charge < -0.3 is 15.9 Å². The largest absolute Gasteiger partial charge is 0.505 e. The van der Waals surface area contributed by atoms with E-state index in [9.17, 15) is 9.50 Å². The molecule has 0 amide bonds. The first kappa shape index (κ1) is 9.43. The van der Waals surface area contributed by atoms with Crippen LogP contribution >= 0.6 is 0 Å². The van der Waals surface area contributed by atoms with Gasteiger partial charge >= 0.3 is 0 Å². The highest BCUT2D eigenvalue weighted by atomic mass is 19.1. The van der Waals surface area contributed by atoms with Crippen LogP contribution in [0.15, 0.2) is 18.2 Å². The standard InChI is InChI=1S/C10H12FNO2/c11-8-3-1-2-7(9(8)14)10(12)4-6(13)5-10/h1-3,6,13-14H,4-5,12H2. The molecule has 4 heteroatoms. The molecule has 3 nitrogen and oxygen atoms in total. The molecular weight excluding hydrogens is 185 g/mol. The fourth-order valence-electron chi connectivity index (χ4n) is 1.92. The lowest BCUT2D eigenvalue weighted by Gasteiger charge is -2.42. The quantitative estimate of drug-likeness (QED) is 0.625. The van der Waals surface area contributed by atoms with E-state index < -0.39 is 23.2 Å². The van der Waals surface area contributed by atoms with Gasteiger partial charge in [0.05, 0.1) is 6.10 Å². The summed E-state index contributed by atoms with van der Waals surface area (Å²) in [5, 5.41) is 18.6. The van der Waals surface area contributed by atoms with Crippen LogP contribution in [0.4, 0.5) is 4.39 Å². The lowest BCUT2D eigenvalue weighted by molar-refractivity contribution is 0.0197. The Morgan fingerprint density at radius 2 is 2.07 bits per heavy atom. The highest BCUT2D eigenvalue weighted by molar-refractivity contribution is 5.40.